The Morgan fingerprint density at radius 1 is 0.613 bits per heavy atom. The molecule has 0 aliphatic rings. The third-order valence-electron chi connectivity index (χ3n) is 6.43. The highest BCUT2D eigenvalue weighted by Crippen LogP contribution is 2.20. The van der Waals surface area contributed by atoms with E-state index >= 15 is 0 Å². The molecule has 0 N–H and O–H groups in total. The van der Waals surface area contributed by atoms with Crippen molar-refractivity contribution < 1.29 is 19.1 Å². The van der Waals surface area contributed by atoms with Crippen molar-refractivity contribution in [1.82, 2.24) is 0 Å². The summed E-state index contributed by atoms with van der Waals surface area (Å²) in [7, 11) is 0. The van der Waals surface area contributed by atoms with Crippen molar-refractivity contribution in [2.75, 3.05) is 13.2 Å². The molecule has 0 aromatic heterocycles. The summed E-state index contributed by atoms with van der Waals surface area (Å²) < 4.78 is 11.2. The van der Waals surface area contributed by atoms with Gasteiger partial charge in [0, 0.05) is 6.42 Å². The third-order valence-corrected chi connectivity index (χ3v) is 6.43. The molecule has 4 heteroatoms. The molecule has 0 saturated heterocycles. The number of unbranched alkanes of at least 4 members (excludes halogenated alkanes) is 4. The smallest absolute Gasteiger partial charge is 0.308 e. The molecule has 0 fully saturated rings. The molecule has 0 spiro atoms. The molecule has 0 aromatic carbocycles. The lowest BCUT2D eigenvalue weighted by Gasteiger charge is -2.19. The Hall–Kier alpha value is -1.06. The number of carbonyl (C=O) groups excluding carboxylic acids is 2. The van der Waals surface area contributed by atoms with Gasteiger partial charge in [0.1, 0.15) is 0 Å². The average molecular weight is 441 g/mol. The fraction of sp³-hybridized carbons (Fsp3) is 0.926. The summed E-state index contributed by atoms with van der Waals surface area (Å²) in [5.41, 5.74) is 0. The van der Waals surface area contributed by atoms with Crippen molar-refractivity contribution in [3.05, 3.63) is 0 Å². The summed E-state index contributed by atoms with van der Waals surface area (Å²) in [6.07, 6.45) is 15.2. The van der Waals surface area contributed by atoms with Gasteiger partial charge in [0.15, 0.2) is 0 Å². The van der Waals surface area contributed by atoms with Crippen molar-refractivity contribution in [3.63, 3.8) is 0 Å². The van der Waals surface area contributed by atoms with E-state index < -0.39 is 0 Å². The Kier molecular flexibility index (Phi) is 20.1. The molecule has 3 atom stereocenters. The minimum atomic E-state index is -0.0721. The molecule has 0 aliphatic heterocycles. The minimum Gasteiger partial charge on any atom is -0.465 e. The molecular weight excluding hydrogens is 388 g/mol. The number of rotatable bonds is 21. The van der Waals surface area contributed by atoms with Crippen molar-refractivity contribution >= 4 is 11.9 Å². The van der Waals surface area contributed by atoms with Crippen LogP contribution in [0.4, 0.5) is 0 Å². The molecule has 0 saturated carbocycles. The summed E-state index contributed by atoms with van der Waals surface area (Å²) in [5, 5.41) is 0. The Balaban J connectivity index is 4.09. The van der Waals surface area contributed by atoms with Crippen molar-refractivity contribution in [2.45, 2.75) is 131 Å². The van der Waals surface area contributed by atoms with Crippen LogP contribution in [-0.2, 0) is 19.1 Å². The van der Waals surface area contributed by atoms with E-state index in [1.165, 1.54) is 25.7 Å². The molecule has 31 heavy (non-hydrogen) atoms. The van der Waals surface area contributed by atoms with Crippen LogP contribution in [0, 0.1) is 17.8 Å². The van der Waals surface area contributed by atoms with E-state index in [1.54, 1.807) is 0 Å². The molecule has 0 amide bonds. The van der Waals surface area contributed by atoms with E-state index in [1.807, 2.05) is 0 Å². The molecule has 0 heterocycles. The summed E-state index contributed by atoms with van der Waals surface area (Å²) in [6.45, 7) is 12.0. The minimum absolute atomic E-state index is 0.00418. The van der Waals surface area contributed by atoms with Gasteiger partial charge in [-0.3, -0.25) is 9.59 Å². The number of esters is 2. The van der Waals surface area contributed by atoms with Crippen molar-refractivity contribution in [1.29, 1.82) is 0 Å². The van der Waals surface area contributed by atoms with E-state index in [0.29, 0.717) is 31.5 Å². The lowest BCUT2D eigenvalue weighted by atomic mass is 9.96. The van der Waals surface area contributed by atoms with Gasteiger partial charge in [0.25, 0.3) is 0 Å². The second-order valence-corrected chi connectivity index (χ2v) is 9.23. The maximum Gasteiger partial charge on any atom is 0.308 e. The van der Waals surface area contributed by atoms with Gasteiger partial charge in [-0.1, -0.05) is 92.4 Å². The SMILES string of the molecule is CCCCC(CC)COC(=O)CCCCCC(CCC)C(=O)OCC(CC)CCCC. The van der Waals surface area contributed by atoms with Gasteiger partial charge in [-0.25, -0.2) is 0 Å². The lowest BCUT2D eigenvalue weighted by Crippen LogP contribution is -2.21. The third kappa shape index (κ3) is 16.3. The predicted molar refractivity (Wildman–Crippen MR) is 130 cm³/mol. The van der Waals surface area contributed by atoms with Crippen LogP contribution >= 0.6 is 0 Å². The van der Waals surface area contributed by atoms with Gasteiger partial charge < -0.3 is 9.47 Å². The molecule has 0 rings (SSSR count). The summed E-state index contributed by atoms with van der Waals surface area (Å²) >= 11 is 0. The molecule has 184 valence electrons. The molecule has 4 nitrogen and oxygen atoms in total. The molecular formula is C27H52O4. The van der Waals surface area contributed by atoms with E-state index in [4.69, 9.17) is 9.47 Å². The molecule has 0 aromatic rings. The summed E-state index contributed by atoms with van der Waals surface area (Å²) in [4.78, 5) is 24.6. The largest absolute Gasteiger partial charge is 0.465 e. The molecule has 3 unspecified atom stereocenters. The molecule has 0 aliphatic carbocycles. The Labute approximate surface area is 193 Å². The molecule has 0 radical (unpaired) electrons. The zero-order valence-electron chi connectivity index (χ0n) is 21.4. The van der Waals surface area contributed by atoms with E-state index in [0.717, 1.165) is 64.2 Å². The fourth-order valence-electron chi connectivity index (χ4n) is 3.96. The van der Waals surface area contributed by atoms with Crippen LogP contribution in [0.15, 0.2) is 0 Å². The summed E-state index contributed by atoms with van der Waals surface area (Å²) in [5.74, 6) is 0.904. The molecule has 0 bridgehead atoms. The van der Waals surface area contributed by atoms with Gasteiger partial charge in [-0.05, 0) is 43.9 Å². The second kappa shape index (κ2) is 20.8. The van der Waals surface area contributed by atoms with Crippen molar-refractivity contribution in [3.8, 4) is 0 Å². The normalized spacial score (nSPS) is 14.1. The lowest BCUT2D eigenvalue weighted by molar-refractivity contribution is -0.151. The van der Waals surface area contributed by atoms with Gasteiger partial charge in [0.05, 0.1) is 19.1 Å². The predicted octanol–water partition coefficient (Wildman–Crippen LogP) is 7.87. The topological polar surface area (TPSA) is 52.6 Å². The number of hydrogen-bond acceptors (Lipinski definition) is 4. The zero-order chi connectivity index (χ0) is 23.3. The number of ether oxygens (including phenoxy) is 2. The van der Waals surface area contributed by atoms with Crippen LogP contribution in [0.3, 0.4) is 0 Å². The fourth-order valence-corrected chi connectivity index (χ4v) is 3.96. The van der Waals surface area contributed by atoms with E-state index in [2.05, 4.69) is 34.6 Å². The highest BCUT2D eigenvalue weighted by atomic mass is 16.5. The first-order valence-corrected chi connectivity index (χ1v) is 13.3. The zero-order valence-corrected chi connectivity index (χ0v) is 21.4. The van der Waals surface area contributed by atoms with Gasteiger partial charge in [0.2, 0.25) is 0 Å². The van der Waals surface area contributed by atoms with Gasteiger partial charge in [-0.15, -0.1) is 0 Å². The first kappa shape index (κ1) is 29.9. The highest BCUT2D eigenvalue weighted by Gasteiger charge is 2.20. The highest BCUT2D eigenvalue weighted by molar-refractivity contribution is 5.72. The van der Waals surface area contributed by atoms with Crippen LogP contribution in [0.2, 0.25) is 0 Å². The van der Waals surface area contributed by atoms with Gasteiger partial charge >= 0.3 is 11.9 Å². The van der Waals surface area contributed by atoms with E-state index in [9.17, 15) is 9.59 Å². The van der Waals surface area contributed by atoms with Crippen LogP contribution in [0.5, 0.6) is 0 Å². The number of carbonyl (C=O) groups is 2. The Morgan fingerprint density at radius 2 is 1.19 bits per heavy atom. The van der Waals surface area contributed by atoms with Crippen LogP contribution in [0.25, 0.3) is 0 Å². The second-order valence-electron chi connectivity index (χ2n) is 9.23. The first-order chi connectivity index (χ1) is 15.0. The summed E-state index contributed by atoms with van der Waals surface area (Å²) in [6, 6.07) is 0. The maximum absolute atomic E-state index is 12.6. The standard InChI is InChI=1S/C27H52O4/c1-6-11-17-23(9-4)21-30-26(28)20-15-13-14-19-25(16-8-3)27(29)31-22-24(10-5)18-12-7-2/h23-25H,6-22H2,1-5H3. The van der Waals surface area contributed by atoms with Crippen molar-refractivity contribution in [2.24, 2.45) is 17.8 Å². The Bertz CT molecular complexity index is 435. The quantitative estimate of drug-likeness (QED) is 0.135. The van der Waals surface area contributed by atoms with Crippen LogP contribution in [0.1, 0.15) is 131 Å². The maximum atomic E-state index is 12.6. The average Bonchev–Trinajstić information content (AvgIpc) is 2.78. The number of hydrogen-bond donors (Lipinski definition) is 0. The first-order valence-electron chi connectivity index (χ1n) is 13.3. The van der Waals surface area contributed by atoms with E-state index in [-0.39, 0.29) is 17.9 Å². The van der Waals surface area contributed by atoms with Crippen LogP contribution < -0.4 is 0 Å². The Morgan fingerprint density at radius 3 is 1.71 bits per heavy atom. The van der Waals surface area contributed by atoms with Gasteiger partial charge in [-0.2, -0.15) is 0 Å². The van der Waals surface area contributed by atoms with Crippen LogP contribution in [-0.4, -0.2) is 25.2 Å². The monoisotopic (exact) mass is 440 g/mol.